The molecule has 0 radical (unpaired) electrons. The van der Waals surface area contributed by atoms with Gasteiger partial charge in [0.2, 0.25) is 0 Å². The van der Waals surface area contributed by atoms with E-state index in [2.05, 4.69) is 4.90 Å². The van der Waals surface area contributed by atoms with Gasteiger partial charge in [-0.1, -0.05) is 12.1 Å². The van der Waals surface area contributed by atoms with Crippen molar-refractivity contribution in [1.82, 2.24) is 4.90 Å². The number of carbonyl (C=O) groups excluding carboxylic acids is 2. The van der Waals surface area contributed by atoms with Crippen LogP contribution in [0, 0.1) is 0 Å². The third-order valence-electron chi connectivity index (χ3n) is 5.30. The number of hydrogen-bond donors (Lipinski definition) is 0. The molecule has 184 valence electrons. The number of esters is 2. The first-order chi connectivity index (χ1) is 16.2. The first-order valence-electron chi connectivity index (χ1n) is 11.8. The normalized spacial score (nSPS) is 15.1. The van der Waals surface area contributed by atoms with E-state index in [1.165, 1.54) is 0 Å². The highest BCUT2D eigenvalue weighted by Gasteiger charge is 2.24. The molecule has 1 fully saturated rings. The second-order valence-electron chi connectivity index (χ2n) is 9.27. The average Bonchev–Trinajstić information content (AvgIpc) is 3.33. The van der Waals surface area contributed by atoms with Crippen LogP contribution in [0.2, 0.25) is 0 Å². The molecule has 2 aromatic carbocycles. The molecule has 1 aliphatic rings. The highest BCUT2D eigenvalue weighted by Crippen LogP contribution is 2.20. The Bertz CT molecular complexity index is 927. The fourth-order valence-corrected chi connectivity index (χ4v) is 3.64. The van der Waals surface area contributed by atoms with Crippen molar-refractivity contribution in [1.29, 1.82) is 0 Å². The highest BCUT2D eigenvalue weighted by molar-refractivity contribution is 5.90. The van der Waals surface area contributed by atoms with E-state index in [-0.39, 0.29) is 18.2 Å². The molecule has 0 N–H and O–H groups in total. The van der Waals surface area contributed by atoms with Crippen LogP contribution >= 0.6 is 0 Å². The standard InChI is InChI=1S/C27H35NO6/c1-5-32-25(29)21-12-14-23(15-13-21)33-24(28-16-6-7-17-28)19-31-18-20-8-10-22(11-9-20)26(30)34-27(2,3)4/h8-15,24H,5-7,16-19H2,1-4H3. The number of ether oxygens (including phenoxy) is 4. The van der Waals surface area contributed by atoms with E-state index < -0.39 is 5.60 Å². The van der Waals surface area contributed by atoms with Gasteiger partial charge in [-0.05, 0) is 82.5 Å². The summed E-state index contributed by atoms with van der Waals surface area (Å²) in [7, 11) is 0. The van der Waals surface area contributed by atoms with Gasteiger partial charge in [0.15, 0.2) is 6.23 Å². The molecule has 1 heterocycles. The van der Waals surface area contributed by atoms with Gasteiger partial charge < -0.3 is 18.9 Å². The van der Waals surface area contributed by atoms with E-state index in [1.807, 2.05) is 32.9 Å². The summed E-state index contributed by atoms with van der Waals surface area (Å²) >= 11 is 0. The summed E-state index contributed by atoms with van der Waals surface area (Å²) in [6.07, 6.45) is 2.04. The maximum absolute atomic E-state index is 12.2. The van der Waals surface area contributed by atoms with Crippen molar-refractivity contribution < 1.29 is 28.5 Å². The molecular formula is C27H35NO6. The number of carbonyl (C=O) groups is 2. The van der Waals surface area contributed by atoms with Gasteiger partial charge in [0.1, 0.15) is 11.4 Å². The van der Waals surface area contributed by atoms with Gasteiger partial charge in [0, 0.05) is 13.1 Å². The van der Waals surface area contributed by atoms with Crippen molar-refractivity contribution in [3.05, 3.63) is 65.2 Å². The summed E-state index contributed by atoms with van der Waals surface area (Å²) in [5.41, 5.74) is 1.45. The van der Waals surface area contributed by atoms with Gasteiger partial charge >= 0.3 is 11.9 Å². The van der Waals surface area contributed by atoms with Crippen molar-refractivity contribution in [2.45, 2.75) is 59.0 Å². The van der Waals surface area contributed by atoms with Crippen LogP contribution in [-0.4, -0.2) is 55.0 Å². The summed E-state index contributed by atoms with van der Waals surface area (Å²) < 4.78 is 22.6. The van der Waals surface area contributed by atoms with Crippen molar-refractivity contribution in [3.63, 3.8) is 0 Å². The molecule has 0 amide bonds. The molecule has 1 saturated heterocycles. The number of likely N-dealkylation sites (tertiary alicyclic amines) is 1. The van der Waals surface area contributed by atoms with E-state index in [9.17, 15) is 9.59 Å². The third-order valence-corrected chi connectivity index (χ3v) is 5.30. The lowest BCUT2D eigenvalue weighted by molar-refractivity contribution is -0.0372. The lowest BCUT2D eigenvalue weighted by atomic mass is 10.1. The Labute approximate surface area is 201 Å². The van der Waals surface area contributed by atoms with E-state index in [0.717, 1.165) is 31.5 Å². The van der Waals surface area contributed by atoms with Crippen LogP contribution < -0.4 is 4.74 Å². The van der Waals surface area contributed by atoms with Crippen LogP contribution in [0.4, 0.5) is 0 Å². The first-order valence-corrected chi connectivity index (χ1v) is 11.8. The fraction of sp³-hybridized carbons (Fsp3) is 0.481. The Kier molecular flexibility index (Phi) is 9.07. The van der Waals surface area contributed by atoms with E-state index in [4.69, 9.17) is 18.9 Å². The number of rotatable bonds is 10. The van der Waals surface area contributed by atoms with E-state index >= 15 is 0 Å². The van der Waals surface area contributed by atoms with Crippen LogP contribution in [-0.2, 0) is 20.8 Å². The third kappa shape index (κ3) is 7.85. The predicted molar refractivity (Wildman–Crippen MR) is 129 cm³/mol. The molecule has 2 aromatic rings. The molecular weight excluding hydrogens is 434 g/mol. The Balaban J connectivity index is 1.55. The SMILES string of the molecule is CCOC(=O)c1ccc(OC(COCc2ccc(C(=O)OC(C)(C)C)cc2)N2CCCC2)cc1. The van der Waals surface area contributed by atoms with E-state index in [0.29, 0.717) is 36.7 Å². The zero-order valence-corrected chi connectivity index (χ0v) is 20.5. The maximum Gasteiger partial charge on any atom is 0.338 e. The number of benzene rings is 2. The van der Waals surface area contributed by atoms with Crippen LogP contribution in [0.1, 0.15) is 66.8 Å². The molecule has 0 aromatic heterocycles. The lowest BCUT2D eigenvalue weighted by Crippen LogP contribution is -2.41. The first kappa shape index (κ1) is 25.7. The summed E-state index contributed by atoms with van der Waals surface area (Å²) in [5, 5.41) is 0. The van der Waals surface area contributed by atoms with Crippen LogP contribution in [0.3, 0.4) is 0 Å². The highest BCUT2D eigenvalue weighted by atomic mass is 16.6. The molecule has 7 heteroatoms. The largest absolute Gasteiger partial charge is 0.473 e. The molecule has 0 spiro atoms. The van der Waals surface area contributed by atoms with Gasteiger partial charge in [-0.3, -0.25) is 4.90 Å². The maximum atomic E-state index is 12.2. The second kappa shape index (κ2) is 12.0. The van der Waals surface area contributed by atoms with Gasteiger partial charge in [-0.15, -0.1) is 0 Å². The Morgan fingerprint density at radius 1 is 0.912 bits per heavy atom. The molecule has 1 atom stereocenters. The molecule has 0 saturated carbocycles. The van der Waals surface area contributed by atoms with Gasteiger partial charge in [0.25, 0.3) is 0 Å². The van der Waals surface area contributed by atoms with Crippen molar-refractivity contribution in [3.8, 4) is 5.75 Å². The molecule has 3 rings (SSSR count). The van der Waals surface area contributed by atoms with Crippen LogP contribution in [0.5, 0.6) is 5.75 Å². The zero-order chi connectivity index (χ0) is 24.6. The van der Waals surface area contributed by atoms with Gasteiger partial charge in [-0.2, -0.15) is 0 Å². The molecule has 0 bridgehead atoms. The van der Waals surface area contributed by atoms with Crippen molar-refractivity contribution >= 4 is 11.9 Å². The van der Waals surface area contributed by atoms with Gasteiger partial charge in [-0.25, -0.2) is 9.59 Å². The Morgan fingerprint density at radius 3 is 2.09 bits per heavy atom. The number of nitrogens with zero attached hydrogens (tertiary/aromatic N) is 1. The summed E-state index contributed by atoms with van der Waals surface area (Å²) in [6.45, 7) is 10.4. The molecule has 34 heavy (non-hydrogen) atoms. The number of hydrogen-bond acceptors (Lipinski definition) is 7. The molecule has 0 aliphatic carbocycles. The lowest BCUT2D eigenvalue weighted by Gasteiger charge is -2.28. The minimum Gasteiger partial charge on any atom is -0.473 e. The molecule has 1 unspecified atom stereocenters. The topological polar surface area (TPSA) is 74.3 Å². The smallest absolute Gasteiger partial charge is 0.338 e. The van der Waals surface area contributed by atoms with E-state index in [1.54, 1.807) is 43.3 Å². The predicted octanol–water partition coefficient (Wildman–Crippen LogP) is 4.84. The van der Waals surface area contributed by atoms with Crippen LogP contribution in [0.15, 0.2) is 48.5 Å². The summed E-state index contributed by atoms with van der Waals surface area (Å²) in [4.78, 5) is 26.3. The monoisotopic (exact) mass is 469 g/mol. The fourth-order valence-electron chi connectivity index (χ4n) is 3.64. The van der Waals surface area contributed by atoms with Gasteiger partial charge in [0.05, 0.1) is 30.9 Å². The molecule has 7 nitrogen and oxygen atoms in total. The second-order valence-corrected chi connectivity index (χ2v) is 9.27. The van der Waals surface area contributed by atoms with Crippen molar-refractivity contribution in [2.24, 2.45) is 0 Å². The Morgan fingerprint density at radius 2 is 1.50 bits per heavy atom. The molecule has 1 aliphatic heterocycles. The zero-order valence-electron chi connectivity index (χ0n) is 20.5. The van der Waals surface area contributed by atoms with Crippen LogP contribution in [0.25, 0.3) is 0 Å². The van der Waals surface area contributed by atoms with Crippen molar-refractivity contribution in [2.75, 3.05) is 26.3 Å². The average molecular weight is 470 g/mol. The summed E-state index contributed by atoms with van der Waals surface area (Å²) in [5.74, 6) is -0.00198. The quantitative estimate of drug-likeness (QED) is 0.461. The summed E-state index contributed by atoms with van der Waals surface area (Å²) in [6, 6.07) is 14.2. The minimum absolute atomic E-state index is 0.225. The Hall–Kier alpha value is -2.90. The minimum atomic E-state index is -0.525.